The zero-order chi connectivity index (χ0) is 11.7. The number of hydrogen-bond acceptors (Lipinski definition) is 4. The van der Waals surface area contributed by atoms with Crippen LogP contribution in [0.15, 0.2) is 16.7 Å². The third-order valence-corrected chi connectivity index (χ3v) is 2.55. The zero-order valence-electron chi connectivity index (χ0n) is 9.36. The van der Waals surface area contributed by atoms with E-state index in [0.717, 1.165) is 5.56 Å². The van der Waals surface area contributed by atoms with Crippen molar-refractivity contribution in [2.24, 2.45) is 0 Å². The van der Waals surface area contributed by atoms with Crippen molar-refractivity contribution in [3.8, 4) is 11.6 Å². The van der Waals surface area contributed by atoms with Gasteiger partial charge in [-0.2, -0.15) is 4.98 Å². The Labute approximate surface area is 98.7 Å². The molecule has 0 bridgehead atoms. The van der Waals surface area contributed by atoms with E-state index in [1.54, 1.807) is 6.92 Å². The van der Waals surface area contributed by atoms with E-state index in [9.17, 15) is 0 Å². The summed E-state index contributed by atoms with van der Waals surface area (Å²) in [6.45, 7) is 5.90. The van der Waals surface area contributed by atoms with Gasteiger partial charge in [0.2, 0.25) is 0 Å². The molecule has 0 atom stereocenters. The van der Waals surface area contributed by atoms with Gasteiger partial charge in [-0.1, -0.05) is 36.7 Å². The second-order valence-corrected chi connectivity index (χ2v) is 4.24. The quantitative estimate of drug-likeness (QED) is 0.753. The third kappa shape index (κ3) is 2.07. The number of aromatic nitrogens is 3. The minimum atomic E-state index is 0.346. The lowest BCUT2D eigenvalue weighted by atomic mass is 10.1. The number of rotatable bonds is 2. The van der Waals surface area contributed by atoms with E-state index in [2.05, 4.69) is 29.0 Å². The highest BCUT2D eigenvalue weighted by molar-refractivity contribution is 6.30. The van der Waals surface area contributed by atoms with Gasteiger partial charge in [-0.15, -0.1) is 0 Å². The Hall–Kier alpha value is -1.42. The van der Waals surface area contributed by atoms with E-state index in [0.29, 0.717) is 28.5 Å². The molecular formula is C11H12ClN3O. The molecule has 2 heterocycles. The predicted molar refractivity (Wildman–Crippen MR) is 61.4 cm³/mol. The fourth-order valence-corrected chi connectivity index (χ4v) is 1.77. The molecule has 2 aromatic rings. The highest BCUT2D eigenvalue weighted by atomic mass is 35.5. The summed E-state index contributed by atoms with van der Waals surface area (Å²) in [4.78, 5) is 8.34. The summed E-state index contributed by atoms with van der Waals surface area (Å²) in [7, 11) is 0. The Balaban J connectivity index is 2.42. The molecule has 0 N–H and O–H groups in total. The van der Waals surface area contributed by atoms with E-state index in [4.69, 9.17) is 16.1 Å². The highest BCUT2D eigenvalue weighted by Crippen LogP contribution is 2.25. The van der Waals surface area contributed by atoms with Gasteiger partial charge in [0.05, 0.1) is 0 Å². The summed E-state index contributed by atoms with van der Waals surface area (Å²) in [6.07, 6.45) is 0. The number of aryl methyl sites for hydroxylation is 1. The molecule has 5 heteroatoms. The smallest absolute Gasteiger partial charge is 0.276 e. The van der Waals surface area contributed by atoms with Crippen LogP contribution in [0.25, 0.3) is 11.6 Å². The van der Waals surface area contributed by atoms with Crippen LogP contribution in [0.1, 0.15) is 31.2 Å². The maximum Gasteiger partial charge on any atom is 0.276 e. The standard InChI is InChI=1S/C11H12ClN3O/c1-6(2)8-4-5-9(14-10(8)12)11-13-7(3)15-16-11/h4-6H,1-3H3. The Kier molecular flexibility index (Phi) is 2.92. The topological polar surface area (TPSA) is 51.8 Å². The first-order valence-electron chi connectivity index (χ1n) is 5.05. The number of hydrogen-bond donors (Lipinski definition) is 0. The summed E-state index contributed by atoms with van der Waals surface area (Å²) in [5.41, 5.74) is 1.62. The Morgan fingerprint density at radius 3 is 2.50 bits per heavy atom. The van der Waals surface area contributed by atoms with E-state index >= 15 is 0 Å². The number of nitrogens with zero attached hydrogens (tertiary/aromatic N) is 3. The molecule has 84 valence electrons. The van der Waals surface area contributed by atoms with Crippen LogP contribution in [0.4, 0.5) is 0 Å². The minimum Gasteiger partial charge on any atom is -0.332 e. The van der Waals surface area contributed by atoms with Crippen LogP contribution in [-0.4, -0.2) is 15.1 Å². The van der Waals surface area contributed by atoms with Crippen LogP contribution in [0.3, 0.4) is 0 Å². The number of halogens is 1. The van der Waals surface area contributed by atoms with Crippen LogP contribution in [0, 0.1) is 6.92 Å². The normalized spacial score (nSPS) is 11.1. The summed E-state index contributed by atoms with van der Waals surface area (Å²) < 4.78 is 5.02. The molecule has 2 rings (SSSR count). The van der Waals surface area contributed by atoms with Gasteiger partial charge < -0.3 is 4.52 Å². The van der Waals surface area contributed by atoms with Crippen molar-refractivity contribution in [1.82, 2.24) is 15.1 Å². The lowest BCUT2D eigenvalue weighted by Crippen LogP contribution is -1.93. The SMILES string of the molecule is Cc1noc(-c2ccc(C(C)C)c(Cl)n2)n1. The average Bonchev–Trinajstić information content (AvgIpc) is 2.64. The summed E-state index contributed by atoms with van der Waals surface area (Å²) in [6, 6.07) is 3.78. The second kappa shape index (κ2) is 4.22. The highest BCUT2D eigenvalue weighted by Gasteiger charge is 2.12. The van der Waals surface area contributed by atoms with Gasteiger partial charge in [-0.25, -0.2) is 4.98 Å². The molecule has 0 aliphatic rings. The van der Waals surface area contributed by atoms with Crippen molar-refractivity contribution < 1.29 is 4.52 Å². The Bertz CT molecular complexity index is 508. The summed E-state index contributed by atoms with van der Waals surface area (Å²) in [5.74, 6) is 1.33. The largest absolute Gasteiger partial charge is 0.332 e. The lowest BCUT2D eigenvalue weighted by Gasteiger charge is -2.07. The molecule has 0 aliphatic carbocycles. The molecule has 0 saturated carbocycles. The molecule has 2 aromatic heterocycles. The molecule has 4 nitrogen and oxygen atoms in total. The van der Waals surface area contributed by atoms with E-state index in [-0.39, 0.29) is 0 Å². The molecule has 0 radical (unpaired) electrons. The monoisotopic (exact) mass is 237 g/mol. The van der Waals surface area contributed by atoms with Crippen LogP contribution < -0.4 is 0 Å². The van der Waals surface area contributed by atoms with Crippen LogP contribution in [-0.2, 0) is 0 Å². The van der Waals surface area contributed by atoms with Crippen molar-refractivity contribution in [3.63, 3.8) is 0 Å². The van der Waals surface area contributed by atoms with Gasteiger partial charge in [0, 0.05) is 0 Å². The molecule has 0 spiro atoms. The molecule has 0 aromatic carbocycles. The van der Waals surface area contributed by atoms with Crippen molar-refractivity contribution in [2.45, 2.75) is 26.7 Å². The van der Waals surface area contributed by atoms with E-state index in [1.165, 1.54) is 0 Å². The molecule has 16 heavy (non-hydrogen) atoms. The van der Waals surface area contributed by atoms with Crippen LogP contribution >= 0.6 is 11.6 Å². The lowest BCUT2D eigenvalue weighted by molar-refractivity contribution is 0.424. The first-order valence-corrected chi connectivity index (χ1v) is 5.43. The molecule has 0 fully saturated rings. The number of pyridine rings is 1. The molecule has 0 amide bonds. The summed E-state index contributed by atoms with van der Waals surface area (Å²) >= 11 is 6.08. The van der Waals surface area contributed by atoms with Crippen molar-refractivity contribution in [3.05, 3.63) is 28.7 Å². The van der Waals surface area contributed by atoms with E-state index in [1.807, 2.05) is 12.1 Å². The molecule has 0 aliphatic heterocycles. The van der Waals surface area contributed by atoms with Crippen LogP contribution in [0.5, 0.6) is 0 Å². The summed E-state index contributed by atoms with van der Waals surface area (Å²) in [5, 5.41) is 4.20. The molecule has 0 unspecified atom stereocenters. The van der Waals surface area contributed by atoms with Crippen molar-refractivity contribution >= 4 is 11.6 Å². The van der Waals surface area contributed by atoms with Gasteiger partial charge >= 0.3 is 0 Å². The maximum absolute atomic E-state index is 6.08. The Morgan fingerprint density at radius 2 is 2.00 bits per heavy atom. The van der Waals surface area contributed by atoms with E-state index < -0.39 is 0 Å². The average molecular weight is 238 g/mol. The van der Waals surface area contributed by atoms with Gasteiger partial charge in [0.1, 0.15) is 10.8 Å². The zero-order valence-corrected chi connectivity index (χ0v) is 10.1. The van der Waals surface area contributed by atoms with Gasteiger partial charge in [-0.3, -0.25) is 0 Å². The fraction of sp³-hybridized carbons (Fsp3) is 0.364. The van der Waals surface area contributed by atoms with Crippen molar-refractivity contribution in [2.75, 3.05) is 0 Å². The third-order valence-electron chi connectivity index (χ3n) is 2.25. The fourth-order valence-electron chi connectivity index (χ4n) is 1.40. The maximum atomic E-state index is 6.08. The predicted octanol–water partition coefficient (Wildman–Crippen LogP) is 3.22. The minimum absolute atomic E-state index is 0.346. The second-order valence-electron chi connectivity index (χ2n) is 3.88. The Morgan fingerprint density at radius 1 is 1.25 bits per heavy atom. The first kappa shape index (κ1) is 11.1. The first-order chi connectivity index (χ1) is 7.58. The van der Waals surface area contributed by atoms with Gasteiger partial charge in [0.25, 0.3) is 5.89 Å². The molecular weight excluding hydrogens is 226 g/mol. The van der Waals surface area contributed by atoms with Crippen molar-refractivity contribution in [1.29, 1.82) is 0 Å². The molecule has 0 saturated heterocycles. The van der Waals surface area contributed by atoms with Gasteiger partial charge in [-0.05, 0) is 24.5 Å². The van der Waals surface area contributed by atoms with Crippen LogP contribution in [0.2, 0.25) is 5.15 Å². The van der Waals surface area contributed by atoms with Gasteiger partial charge in [0.15, 0.2) is 5.82 Å².